The highest BCUT2D eigenvalue weighted by atomic mass is 31.1. The number of rotatable bonds is 4. The van der Waals surface area contributed by atoms with Gasteiger partial charge in [-0.1, -0.05) is 61.5 Å². The van der Waals surface area contributed by atoms with Gasteiger partial charge in [0.15, 0.2) is 8.46 Å². The highest BCUT2D eigenvalue weighted by Gasteiger charge is 2.03. The molecule has 2 aromatic carbocycles. The molecule has 90 valence electrons. The molecule has 18 heavy (non-hydrogen) atoms. The number of hydrogen-bond acceptors (Lipinski definition) is 1. The topological polar surface area (TPSA) is 17.1 Å². The van der Waals surface area contributed by atoms with Crippen LogP contribution in [-0.2, 0) is 11.0 Å². The Morgan fingerprint density at radius 2 is 1.72 bits per heavy atom. The quantitative estimate of drug-likeness (QED) is 0.552. The minimum absolute atomic E-state index is 0.0545. The molecule has 0 heterocycles. The molecule has 2 heteroatoms. The monoisotopic (exact) mass is 254 g/mol. The van der Waals surface area contributed by atoms with Crippen molar-refractivity contribution in [1.82, 2.24) is 0 Å². The van der Waals surface area contributed by atoms with E-state index in [1.807, 2.05) is 48.5 Å². The van der Waals surface area contributed by atoms with Crippen LogP contribution in [0.1, 0.15) is 23.6 Å². The Hall–Kier alpha value is -1.72. The maximum atomic E-state index is 11.3. The molecule has 0 saturated carbocycles. The van der Waals surface area contributed by atoms with Crippen molar-refractivity contribution in [2.75, 3.05) is 0 Å². The van der Waals surface area contributed by atoms with Gasteiger partial charge in [0, 0.05) is 0 Å². The second kappa shape index (κ2) is 6.28. The van der Waals surface area contributed by atoms with Gasteiger partial charge in [-0.05, 0) is 29.2 Å². The molecule has 0 aliphatic carbocycles. The Kier molecular flexibility index (Phi) is 4.44. The molecule has 0 aromatic heterocycles. The van der Waals surface area contributed by atoms with Gasteiger partial charge in [0.05, 0.1) is 5.31 Å². The van der Waals surface area contributed by atoms with Crippen LogP contribution in [-0.4, -0.2) is 0 Å². The van der Waals surface area contributed by atoms with Crippen LogP contribution in [0.15, 0.2) is 54.6 Å². The Bertz CT molecular complexity index is 558. The van der Waals surface area contributed by atoms with Crippen LogP contribution in [0.4, 0.5) is 0 Å². The van der Waals surface area contributed by atoms with E-state index in [9.17, 15) is 4.57 Å². The second-order valence-corrected chi connectivity index (χ2v) is 4.70. The van der Waals surface area contributed by atoms with E-state index in [-0.39, 0.29) is 8.46 Å². The zero-order chi connectivity index (χ0) is 12.8. The van der Waals surface area contributed by atoms with E-state index in [4.69, 9.17) is 0 Å². The summed E-state index contributed by atoms with van der Waals surface area (Å²) in [6.45, 7) is 2.13. The highest BCUT2D eigenvalue weighted by Crippen LogP contribution is 2.28. The van der Waals surface area contributed by atoms with Crippen LogP contribution >= 0.6 is 8.46 Å². The smallest absolute Gasteiger partial charge is 0.192 e. The summed E-state index contributed by atoms with van der Waals surface area (Å²) >= 11 is 0. The Balaban J connectivity index is 2.44. The fourth-order valence-electron chi connectivity index (χ4n) is 1.92. The fraction of sp³-hybridized carbons (Fsp3) is 0.125. The summed E-state index contributed by atoms with van der Waals surface area (Å²) in [5.74, 6) is 0. The molecule has 0 amide bonds. The molecular weight excluding hydrogens is 239 g/mol. The molecular formula is C16H15OP. The predicted molar refractivity (Wildman–Crippen MR) is 77.7 cm³/mol. The van der Waals surface area contributed by atoms with Crippen LogP contribution in [0, 0.1) is 0 Å². The third-order valence-electron chi connectivity index (χ3n) is 2.90. The van der Waals surface area contributed by atoms with Crippen LogP contribution in [0.25, 0.3) is 11.4 Å². The Labute approximate surface area is 109 Å². The lowest BCUT2D eigenvalue weighted by atomic mass is 10.0. The van der Waals surface area contributed by atoms with Gasteiger partial charge in [0.1, 0.15) is 0 Å². The van der Waals surface area contributed by atoms with Crippen LogP contribution in [0.5, 0.6) is 0 Å². The maximum absolute atomic E-state index is 11.3. The SMILES string of the molecule is CCc1ccccc1C=C(P=O)c1ccccc1. The average Bonchev–Trinajstić information content (AvgIpc) is 2.46. The predicted octanol–water partition coefficient (Wildman–Crippen LogP) is 5.04. The highest BCUT2D eigenvalue weighted by molar-refractivity contribution is 7.38. The van der Waals surface area contributed by atoms with E-state index in [0.717, 1.165) is 22.9 Å². The van der Waals surface area contributed by atoms with E-state index in [2.05, 4.69) is 19.1 Å². The molecule has 2 aromatic rings. The number of hydrogen-bond donors (Lipinski definition) is 0. The van der Waals surface area contributed by atoms with Crippen LogP contribution in [0.3, 0.4) is 0 Å². The molecule has 0 aliphatic heterocycles. The Morgan fingerprint density at radius 3 is 2.39 bits per heavy atom. The van der Waals surface area contributed by atoms with Gasteiger partial charge in [0.2, 0.25) is 0 Å². The van der Waals surface area contributed by atoms with Crippen molar-refractivity contribution in [2.24, 2.45) is 0 Å². The van der Waals surface area contributed by atoms with Gasteiger partial charge in [-0.3, -0.25) is 4.57 Å². The van der Waals surface area contributed by atoms with E-state index < -0.39 is 0 Å². The minimum atomic E-state index is 0.0545. The molecule has 2 rings (SSSR count). The lowest BCUT2D eigenvalue weighted by Gasteiger charge is -2.04. The van der Waals surface area contributed by atoms with E-state index in [0.29, 0.717) is 0 Å². The van der Waals surface area contributed by atoms with Crippen molar-refractivity contribution in [3.63, 3.8) is 0 Å². The normalized spacial score (nSPS) is 11.7. The van der Waals surface area contributed by atoms with Crippen molar-refractivity contribution in [2.45, 2.75) is 13.3 Å². The molecule has 1 nitrogen and oxygen atoms in total. The summed E-state index contributed by atoms with van der Waals surface area (Å²) in [5.41, 5.74) is 3.41. The first-order chi connectivity index (χ1) is 8.85. The number of aryl methyl sites for hydroxylation is 1. The van der Waals surface area contributed by atoms with Crippen molar-refractivity contribution in [1.29, 1.82) is 0 Å². The number of benzene rings is 2. The van der Waals surface area contributed by atoms with Crippen molar-refractivity contribution in [3.8, 4) is 0 Å². The fourth-order valence-corrected chi connectivity index (χ4v) is 2.36. The minimum Gasteiger partial charge on any atom is -0.269 e. The van der Waals surface area contributed by atoms with Gasteiger partial charge in [-0.15, -0.1) is 0 Å². The van der Waals surface area contributed by atoms with E-state index >= 15 is 0 Å². The first kappa shape index (κ1) is 12.7. The summed E-state index contributed by atoms with van der Waals surface area (Å²) in [5, 5.41) is 0.816. The van der Waals surface area contributed by atoms with Crippen molar-refractivity contribution in [3.05, 3.63) is 71.3 Å². The summed E-state index contributed by atoms with van der Waals surface area (Å²) in [7, 11) is 0.0545. The second-order valence-electron chi connectivity index (χ2n) is 4.04. The average molecular weight is 254 g/mol. The first-order valence-corrected chi connectivity index (χ1v) is 6.84. The molecule has 0 bridgehead atoms. The standard InChI is InChI=1S/C16H15OP/c1-2-13-8-6-7-11-15(13)12-16(18-17)14-9-4-3-5-10-14/h3-12H,2H2,1H3. The van der Waals surface area contributed by atoms with Gasteiger partial charge in [-0.25, -0.2) is 0 Å². The van der Waals surface area contributed by atoms with Gasteiger partial charge in [0.25, 0.3) is 0 Å². The zero-order valence-electron chi connectivity index (χ0n) is 10.3. The first-order valence-electron chi connectivity index (χ1n) is 6.03. The summed E-state index contributed by atoms with van der Waals surface area (Å²) < 4.78 is 11.3. The van der Waals surface area contributed by atoms with E-state index in [1.165, 1.54) is 5.56 Å². The molecule has 0 fully saturated rings. The van der Waals surface area contributed by atoms with Gasteiger partial charge >= 0.3 is 0 Å². The summed E-state index contributed by atoms with van der Waals surface area (Å²) in [6, 6.07) is 18.0. The zero-order valence-corrected chi connectivity index (χ0v) is 11.2. The third kappa shape index (κ3) is 2.94. The van der Waals surface area contributed by atoms with Crippen LogP contribution in [0.2, 0.25) is 0 Å². The summed E-state index contributed by atoms with van der Waals surface area (Å²) in [6.07, 6.45) is 2.98. The molecule has 0 atom stereocenters. The van der Waals surface area contributed by atoms with Crippen LogP contribution < -0.4 is 0 Å². The summed E-state index contributed by atoms with van der Waals surface area (Å²) in [4.78, 5) is 0. The van der Waals surface area contributed by atoms with Crippen molar-refractivity contribution < 1.29 is 4.57 Å². The lowest BCUT2D eigenvalue weighted by molar-refractivity contribution is 0.603. The Morgan fingerprint density at radius 1 is 1.06 bits per heavy atom. The molecule has 0 aliphatic rings. The largest absolute Gasteiger partial charge is 0.269 e. The molecule has 0 saturated heterocycles. The van der Waals surface area contributed by atoms with Crippen molar-refractivity contribution >= 4 is 19.9 Å². The van der Waals surface area contributed by atoms with E-state index in [1.54, 1.807) is 0 Å². The molecule has 0 radical (unpaired) electrons. The molecule has 0 N–H and O–H groups in total. The molecule has 0 spiro atoms. The molecule has 0 unspecified atom stereocenters. The third-order valence-corrected chi connectivity index (χ3v) is 3.48. The lowest BCUT2D eigenvalue weighted by Crippen LogP contribution is -1.85. The van der Waals surface area contributed by atoms with Gasteiger partial charge < -0.3 is 0 Å². The van der Waals surface area contributed by atoms with Gasteiger partial charge in [-0.2, -0.15) is 0 Å². The maximum Gasteiger partial charge on any atom is 0.192 e.